The molecule has 2 amide bonds. The minimum Gasteiger partial charge on any atom is -0.326 e. The highest BCUT2D eigenvalue weighted by Gasteiger charge is 2.08. The molecule has 0 atom stereocenters. The van der Waals surface area contributed by atoms with Gasteiger partial charge in [0.15, 0.2) is 0 Å². The van der Waals surface area contributed by atoms with Crippen LogP contribution in [0.2, 0.25) is 4.34 Å². The zero-order valence-electron chi connectivity index (χ0n) is 13.5. The lowest BCUT2D eigenvalue weighted by atomic mass is 10.2. The van der Waals surface area contributed by atoms with Crippen molar-refractivity contribution in [2.75, 3.05) is 16.4 Å². The summed E-state index contributed by atoms with van der Waals surface area (Å²) in [6, 6.07) is 10.9. The molecule has 0 fully saturated rings. The second kappa shape index (κ2) is 9.11. The lowest BCUT2D eigenvalue weighted by Crippen LogP contribution is -2.18. The molecule has 0 aliphatic rings. The van der Waals surface area contributed by atoms with E-state index in [1.54, 1.807) is 36.0 Å². The van der Waals surface area contributed by atoms with Crippen LogP contribution in [-0.4, -0.2) is 17.6 Å². The van der Waals surface area contributed by atoms with Crippen molar-refractivity contribution in [2.45, 2.75) is 19.6 Å². The average Bonchev–Trinajstić information content (AvgIpc) is 2.94. The summed E-state index contributed by atoms with van der Waals surface area (Å²) in [6.07, 6.45) is 0. The van der Waals surface area contributed by atoms with E-state index >= 15 is 0 Å². The Morgan fingerprint density at radius 1 is 1.08 bits per heavy atom. The first-order chi connectivity index (χ1) is 11.4. The SMILES string of the molecule is CC(C)C(=O)Nc1ccc(NC(=O)CSCc2ccc(Cl)s2)cc1. The number of hydrogen-bond donors (Lipinski definition) is 2. The molecule has 0 saturated carbocycles. The predicted molar refractivity (Wildman–Crippen MR) is 104 cm³/mol. The molecule has 0 bridgehead atoms. The van der Waals surface area contributed by atoms with Gasteiger partial charge in [0.1, 0.15) is 0 Å². The van der Waals surface area contributed by atoms with Crippen LogP contribution in [0.25, 0.3) is 0 Å². The molecule has 2 N–H and O–H groups in total. The Morgan fingerprint density at radius 3 is 2.25 bits per heavy atom. The standard InChI is InChI=1S/C17H19ClN2O2S2/c1-11(2)17(22)20-13-5-3-12(4-6-13)19-16(21)10-23-9-14-7-8-15(18)24-14/h3-8,11H,9-10H2,1-2H3,(H,19,21)(H,20,22). The van der Waals surface area contributed by atoms with Gasteiger partial charge in [-0.15, -0.1) is 23.1 Å². The Hall–Kier alpha value is -1.50. The smallest absolute Gasteiger partial charge is 0.234 e. The molecule has 2 aromatic rings. The number of thioether (sulfide) groups is 1. The minimum absolute atomic E-state index is 0.0307. The third-order valence-electron chi connectivity index (χ3n) is 3.07. The Labute approximate surface area is 155 Å². The van der Waals surface area contributed by atoms with Crippen molar-refractivity contribution in [3.05, 3.63) is 45.6 Å². The van der Waals surface area contributed by atoms with E-state index in [1.165, 1.54) is 11.3 Å². The van der Waals surface area contributed by atoms with Gasteiger partial charge in [-0.1, -0.05) is 25.4 Å². The molecule has 1 aromatic heterocycles. The number of halogens is 1. The van der Waals surface area contributed by atoms with Crippen LogP contribution in [0.5, 0.6) is 0 Å². The maximum atomic E-state index is 11.9. The lowest BCUT2D eigenvalue weighted by Gasteiger charge is -2.09. The van der Waals surface area contributed by atoms with Crippen LogP contribution in [0.15, 0.2) is 36.4 Å². The quantitative estimate of drug-likeness (QED) is 0.718. The summed E-state index contributed by atoms with van der Waals surface area (Å²) in [7, 11) is 0. The molecule has 1 aromatic carbocycles. The van der Waals surface area contributed by atoms with Crippen LogP contribution in [0.3, 0.4) is 0 Å². The lowest BCUT2D eigenvalue weighted by molar-refractivity contribution is -0.119. The molecular formula is C17H19ClN2O2S2. The Kier molecular flexibility index (Phi) is 7.15. The van der Waals surface area contributed by atoms with E-state index in [9.17, 15) is 9.59 Å². The summed E-state index contributed by atoms with van der Waals surface area (Å²) >= 11 is 8.95. The molecular weight excluding hydrogens is 364 g/mol. The number of carbonyl (C=O) groups is 2. The van der Waals surface area contributed by atoms with E-state index in [2.05, 4.69) is 10.6 Å². The Bertz CT molecular complexity index is 699. The first-order valence-electron chi connectivity index (χ1n) is 7.47. The van der Waals surface area contributed by atoms with Crippen LogP contribution in [0, 0.1) is 5.92 Å². The molecule has 0 spiro atoms. The van der Waals surface area contributed by atoms with Crippen molar-refractivity contribution in [1.82, 2.24) is 0 Å². The van der Waals surface area contributed by atoms with Gasteiger partial charge < -0.3 is 10.6 Å². The van der Waals surface area contributed by atoms with E-state index in [1.807, 2.05) is 26.0 Å². The van der Waals surface area contributed by atoms with Crippen LogP contribution < -0.4 is 10.6 Å². The van der Waals surface area contributed by atoms with Crippen molar-refractivity contribution in [3.8, 4) is 0 Å². The predicted octanol–water partition coefficient (Wildman–Crippen LogP) is 4.87. The summed E-state index contributed by atoms with van der Waals surface area (Å²) in [5.74, 6) is 0.991. The van der Waals surface area contributed by atoms with Crippen molar-refractivity contribution in [3.63, 3.8) is 0 Å². The zero-order valence-corrected chi connectivity index (χ0v) is 15.9. The molecule has 24 heavy (non-hydrogen) atoms. The maximum Gasteiger partial charge on any atom is 0.234 e. The van der Waals surface area contributed by atoms with Gasteiger partial charge in [0.25, 0.3) is 0 Å². The third-order valence-corrected chi connectivity index (χ3v) is 5.46. The molecule has 1 heterocycles. The van der Waals surface area contributed by atoms with E-state index < -0.39 is 0 Å². The second-order valence-electron chi connectivity index (χ2n) is 5.47. The fourth-order valence-electron chi connectivity index (χ4n) is 1.79. The van der Waals surface area contributed by atoms with Gasteiger partial charge in [-0.2, -0.15) is 0 Å². The van der Waals surface area contributed by atoms with Crippen molar-refractivity contribution >= 4 is 57.9 Å². The van der Waals surface area contributed by atoms with Crippen molar-refractivity contribution in [1.29, 1.82) is 0 Å². The van der Waals surface area contributed by atoms with Gasteiger partial charge in [-0.25, -0.2) is 0 Å². The monoisotopic (exact) mass is 382 g/mol. The number of benzene rings is 1. The van der Waals surface area contributed by atoms with Gasteiger partial charge in [-0.3, -0.25) is 9.59 Å². The normalized spacial score (nSPS) is 10.7. The van der Waals surface area contributed by atoms with Gasteiger partial charge in [0.05, 0.1) is 10.1 Å². The van der Waals surface area contributed by atoms with E-state index in [-0.39, 0.29) is 17.7 Å². The highest BCUT2D eigenvalue weighted by Crippen LogP contribution is 2.25. The fraction of sp³-hybridized carbons (Fsp3) is 0.294. The first-order valence-corrected chi connectivity index (χ1v) is 9.81. The Balaban J connectivity index is 1.76. The molecule has 0 saturated heterocycles. The molecule has 4 nitrogen and oxygen atoms in total. The fourth-order valence-corrected chi connectivity index (χ4v) is 3.82. The van der Waals surface area contributed by atoms with Crippen molar-refractivity contribution in [2.24, 2.45) is 5.92 Å². The number of hydrogen-bond acceptors (Lipinski definition) is 4. The zero-order chi connectivity index (χ0) is 17.5. The largest absolute Gasteiger partial charge is 0.326 e. The van der Waals surface area contributed by atoms with Crippen LogP contribution in [-0.2, 0) is 15.3 Å². The number of thiophene rings is 1. The average molecular weight is 383 g/mol. The van der Waals surface area contributed by atoms with Gasteiger partial charge in [-0.05, 0) is 36.4 Å². The van der Waals surface area contributed by atoms with Gasteiger partial charge in [0.2, 0.25) is 11.8 Å². The molecule has 0 aliphatic heterocycles. The Morgan fingerprint density at radius 2 is 1.71 bits per heavy atom. The highest BCUT2D eigenvalue weighted by molar-refractivity contribution is 7.99. The molecule has 7 heteroatoms. The second-order valence-corrected chi connectivity index (χ2v) is 8.25. The van der Waals surface area contributed by atoms with Crippen LogP contribution >= 0.6 is 34.7 Å². The van der Waals surface area contributed by atoms with Gasteiger partial charge >= 0.3 is 0 Å². The topological polar surface area (TPSA) is 58.2 Å². The highest BCUT2D eigenvalue weighted by atomic mass is 35.5. The molecule has 128 valence electrons. The van der Waals surface area contributed by atoms with Crippen molar-refractivity contribution < 1.29 is 9.59 Å². The molecule has 2 rings (SSSR count). The summed E-state index contributed by atoms with van der Waals surface area (Å²) < 4.78 is 0.764. The van der Waals surface area contributed by atoms with E-state index in [0.29, 0.717) is 11.4 Å². The van der Waals surface area contributed by atoms with Gasteiger partial charge in [0, 0.05) is 27.9 Å². The molecule has 0 radical (unpaired) electrons. The number of rotatable bonds is 7. The molecule has 0 unspecified atom stereocenters. The third kappa shape index (κ3) is 6.19. The van der Waals surface area contributed by atoms with E-state index in [4.69, 9.17) is 11.6 Å². The van der Waals surface area contributed by atoms with Crippen LogP contribution in [0.1, 0.15) is 18.7 Å². The first kappa shape index (κ1) is 18.8. The van der Waals surface area contributed by atoms with E-state index in [0.717, 1.165) is 20.7 Å². The minimum atomic E-state index is -0.0698. The van der Waals surface area contributed by atoms with Crippen LogP contribution in [0.4, 0.5) is 11.4 Å². The number of amides is 2. The number of carbonyl (C=O) groups excluding carboxylic acids is 2. The summed E-state index contributed by atoms with van der Waals surface area (Å²) in [5.41, 5.74) is 1.43. The summed E-state index contributed by atoms with van der Waals surface area (Å²) in [6.45, 7) is 3.68. The maximum absolute atomic E-state index is 11.9. The molecule has 0 aliphatic carbocycles. The number of anilines is 2. The summed E-state index contributed by atoms with van der Waals surface area (Å²) in [5, 5.41) is 5.65. The summed E-state index contributed by atoms with van der Waals surface area (Å²) in [4.78, 5) is 24.7. The number of nitrogens with one attached hydrogen (secondary N) is 2.